The fourth-order valence-corrected chi connectivity index (χ4v) is 5.39. The van der Waals surface area contributed by atoms with Crippen molar-refractivity contribution in [3.05, 3.63) is 76.5 Å². The second-order valence-electron chi connectivity index (χ2n) is 7.78. The number of aromatic nitrogens is 3. The molecule has 2 aromatic heterocycles. The maximum Gasteiger partial charge on any atom is 0.320 e. The molecule has 10 nitrogen and oxygen atoms in total. The van der Waals surface area contributed by atoms with Crippen LogP contribution in [0.15, 0.2) is 59.9 Å². The van der Waals surface area contributed by atoms with E-state index in [1.54, 1.807) is 36.5 Å². The van der Waals surface area contributed by atoms with Gasteiger partial charge in [-0.2, -0.15) is 4.37 Å². The third-order valence-corrected chi connectivity index (χ3v) is 7.70. The van der Waals surface area contributed by atoms with E-state index in [0.717, 1.165) is 30.0 Å². The second kappa shape index (κ2) is 11.6. The lowest BCUT2D eigenvalue weighted by Gasteiger charge is -2.15. The lowest BCUT2D eigenvalue weighted by Crippen LogP contribution is -2.33. The van der Waals surface area contributed by atoms with Crippen LogP contribution in [-0.2, 0) is 21.4 Å². The summed E-state index contributed by atoms with van der Waals surface area (Å²) < 4.78 is 51.9. The van der Waals surface area contributed by atoms with E-state index in [4.69, 9.17) is 33.0 Å². The molecule has 0 radical (unpaired) electrons. The van der Waals surface area contributed by atoms with E-state index in [1.807, 2.05) is 0 Å². The summed E-state index contributed by atoms with van der Waals surface area (Å²) in [7, 11) is -4.33. The Balaban J connectivity index is 1.63. The van der Waals surface area contributed by atoms with Crippen LogP contribution in [0.3, 0.4) is 0 Å². The van der Waals surface area contributed by atoms with Crippen molar-refractivity contribution in [1.29, 1.82) is 0 Å². The maximum atomic E-state index is 14.9. The van der Waals surface area contributed by atoms with Gasteiger partial charge < -0.3 is 9.84 Å². The van der Waals surface area contributed by atoms with Gasteiger partial charge in [0.15, 0.2) is 0 Å². The van der Waals surface area contributed by atoms with Crippen LogP contribution < -0.4 is 14.8 Å². The Morgan fingerprint density at radius 1 is 1.16 bits per heavy atom. The largest absolute Gasteiger partial charge is 0.480 e. The highest BCUT2D eigenvalue weighted by Gasteiger charge is 2.24. The molecule has 0 saturated carbocycles. The van der Waals surface area contributed by atoms with Crippen molar-refractivity contribution in [3.63, 3.8) is 0 Å². The van der Waals surface area contributed by atoms with Crippen LogP contribution in [0.5, 0.6) is 11.5 Å². The van der Waals surface area contributed by atoms with Gasteiger partial charge in [-0.15, -0.1) is 0 Å². The van der Waals surface area contributed by atoms with E-state index in [1.165, 1.54) is 6.92 Å². The molecule has 2 aromatic carbocycles. The molecule has 0 unspecified atom stereocenters. The zero-order chi connectivity index (χ0) is 27.4. The summed E-state index contributed by atoms with van der Waals surface area (Å²) in [6.07, 6.45) is 2.70. The SMILES string of the molecule is C[C@H](NCc1cc(-c2cc(Cl)ccc2Oc2cc(F)c(S(=O)(=O)Nc3ncns3)cc2Cl)ccn1)C(=O)O. The molecule has 0 aliphatic heterocycles. The van der Waals surface area contributed by atoms with Crippen LogP contribution in [0, 0.1) is 5.82 Å². The number of sulfonamides is 1. The standard InChI is InChI=1S/C23H18Cl2FN5O5S2/c1-12(22(32)33)28-10-15-6-13(4-5-27-15)16-7-14(24)2-3-19(16)36-20-9-18(26)21(8-17(20)25)38(34,35)31-23-29-11-30-37-23/h2-9,11-12,28H,10H2,1H3,(H,32,33)(H,29,30,31)/t12-/m0/s1. The highest BCUT2D eigenvalue weighted by molar-refractivity contribution is 7.93. The summed E-state index contributed by atoms with van der Waals surface area (Å²) in [5, 5.41) is 12.1. The fourth-order valence-electron chi connectivity index (χ4n) is 3.21. The third kappa shape index (κ3) is 6.55. The number of rotatable bonds is 10. The Morgan fingerprint density at radius 2 is 1.95 bits per heavy atom. The number of halogens is 3. The van der Waals surface area contributed by atoms with Gasteiger partial charge in [0.2, 0.25) is 5.13 Å². The number of aliphatic carboxylic acids is 1. The summed E-state index contributed by atoms with van der Waals surface area (Å²) in [5.41, 5.74) is 1.70. The molecule has 198 valence electrons. The number of hydrogen-bond acceptors (Lipinski definition) is 9. The zero-order valence-corrected chi connectivity index (χ0v) is 22.5. The van der Waals surface area contributed by atoms with Crippen LogP contribution in [0.1, 0.15) is 12.6 Å². The van der Waals surface area contributed by atoms with Gasteiger partial charge in [0.1, 0.15) is 34.6 Å². The smallest absolute Gasteiger partial charge is 0.320 e. The van der Waals surface area contributed by atoms with E-state index in [-0.39, 0.29) is 28.2 Å². The van der Waals surface area contributed by atoms with Crippen LogP contribution in [-0.4, -0.2) is 39.9 Å². The van der Waals surface area contributed by atoms with Crippen molar-refractivity contribution in [3.8, 4) is 22.6 Å². The second-order valence-corrected chi connectivity index (χ2v) is 11.1. The number of nitrogens with zero attached hydrogens (tertiary/aromatic N) is 3. The summed E-state index contributed by atoms with van der Waals surface area (Å²) in [5.74, 6) is -1.97. The van der Waals surface area contributed by atoms with E-state index >= 15 is 0 Å². The number of nitrogens with one attached hydrogen (secondary N) is 2. The first kappa shape index (κ1) is 27.7. The van der Waals surface area contributed by atoms with Crippen LogP contribution >= 0.6 is 34.7 Å². The molecule has 3 N–H and O–H groups in total. The van der Waals surface area contributed by atoms with Gasteiger partial charge in [-0.1, -0.05) is 23.2 Å². The average Bonchev–Trinajstić information content (AvgIpc) is 3.37. The van der Waals surface area contributed by atoms with Gasteiger partial charge in [-0.3, -0.25) is 19.8 Å². The van der Waals surface area contributed by atoms with Gasteiger partial charge >= 0.3 is 5.97 Å². The Morgan fingerprint density at radius 3 is 2.66 bits per heavy atom. The Kier molecular flexibility index (Phi) is 8.43. The lowest BCUT2D eigenvalue weighted by molar-refractivity contribution is -0.139. The number of carboxylic acid groups (broad SMARTS) is 1. The highest BCUT2D eigenvalue weighted by atomic mass is 35.5. The van der Waals surface area contributed by atoms with Gasteiger partial charge in [0.25, 0.3) is 10.0 Å². The van der Waals surface area contributed by atoms with Crippen molar-refractivity contribution < 1.29 is 27.4 Å². The van der Waals surface area contributed by atoms with Crippen molar-refractivity contribution in [2.24, 2.45) is 0 Å². The fraction of sp³-hybridized carbons (Fsp3) is 0.130. The topological polar surface area (TPSA) is 143 Å². The summed E-state index contributed by atoms with van der Waals surface area (Å²) in [4.78, 5) is 18.3. The lowest BCUT2D eigenvalue weighted by atomic mass is 10.0. The van der Waals surface area contributed by atoms with E-state index in [0.29, 0.717) is 21.8 Å². The normalized spacial score (nSPS) is 12.2. The molecule has 38 heavy (non-hydrogen) atoms. The van der Waals surface area contributed by atoms with Crippen molar-refractivity contribution in [1.82, 2.24) is 19.7 Å². The molecule has 0 spiro atoms. The van der Waals surface area contributed by atoms with E-state index in [9.17, 15) is 17.6 Å². The number of anilines is 1. The van der Waals surface area contributed by atoms with Crippen molar-refractivity contribution in [2.45, 2.75) is 24.4 Å². The number of benzene rings is 2. The summed E-state index contributed by atoms with van der Waals surface area (Å²) in [6, 6.07) is 9.18. The summed E-state index contributed by atoms with van der Waals surface area (Å²) >= 11 is 13.3. The number of ether oxygens (including phenoxy) is 1. The van der Waals surface area contributed by atoms with E-state index < -0.39 is 32.7 Å². The molecule has 0 amide bonds. The molecule has 0 bridgehead atoms. The summed E-state index contributed by atoms with van der Waals surface area (Å²) in [6.45, 7) is 1.71. The average molecular weight is 598 g/mol. The first-order valence-corrected chi connectivity index (χ1v) is 13.7. The monoisotopic (exact) mass is 597 g/mol. The minimum absolute atomic E-state index is 0.0315. The number of pyridine rings is 1. The van der Waals surface area contributed by atoms with Crippen LogP contribution in [0.25, 0.3) is 11.1 Å². The quantitative estimate of drug-likeness (QED) is 0.224. The molecular formula is C23H18Cl2FN5O5S2. The predicted molar refractivity (Wildman–Crippen MR) is 141 cm³/mol. The molecule has 0 aliphatic carbocycles. The van der Waals surface area contributed by atoms with Gasteiger partial charge in [0.05, 0.1) is 10.7 Å². The number of hydrogen-bond donors (Lipinski definition) is 3. The Labute approximate surface area is 230 Å². The molecule has 2 heterocycles. The molecule has 15 heteroatoms. The van der Waals surface area contributed by atoms with Gasteiger partial charge in [0, 0.05) is 40.9 Å². The highest BCUT2D eigenvalue weighted by Crippen LogP contribution is 2.39. The third-order valence-electron chi connectivity index (χ3n) is 5.11. The van der Waals surface area contributed by atoms with Crippen molar-refractivity contribution in [2.75, 3.05) is 4.72 Å². The number of carbonyl (C=O) groups is 1. The molecule has 4 aromatic rings. The molecule has 0 saturated heterocycles. The molecule has 1 atom stereocenters. The Hall–Kier alpha value is -3.36. The molecular weight excluding hydrogens is 580 g/mol. The Bertz CT molecular complexity index is 1590. The van der Waals surface area contributed by atoms with Gasteiger partial charge in [-0.05, 0) is 48.9 Å². The van der Waals surface area contributed by atoms with Crippen molar-refractivity contribution >= 4 is 55.9 Å². The minimum atomic E-state index is -4.33. The zero-order valence-electron chi connectivity index (χ0n) is 19.4. The number of carboxylic acids is 1. The molecule has 0 aliphatic rings. The first-order valence-electron chi connectivity index (χ1n) is 10.7. The minimum Gasteiger partial charge on any atom is -0.480 e. The van der Waals surface area contributed by atoms with Crippen LogP contribution in [0.2, 0.25) is 10.0 Å². The van der Waals surface area contributed by atoms with E-state index in [2.05, 4.69) is 24.4 Å². The maximum absolute atomic E-state index is 14.9. The molecule has 4 rings (SSSR count). The first-order chi connectivity index (χ1) is 18.0. The predicted octanol–water partition coefficient (Wildman–Crippen LogP) is 5.20. The van der Waals surface area contributed by atoms with Gasteiger partial charge in [-0.25, -0.2) is 17.8 Å². The molecule has 0 fully saturated rings. The van der Waals surface area contributed by atoms with Crippen LogP contribution in [0.4, 0.5) is 9.52 Å².